The van der Waals surface area contributed by atoms with Crippen molar-refractivity contribution in [3.8, 4) is 11.3 Å². The summed E-state index contributed by atoms with van der Waals surface area (Å²) in [5, 5.41) is 2.66. The van der Waals surface area contributed by atoms with Crippen molar-refractivity contribution in [3.05, 3.63) is 36.3 Å². The second-order valence-electron chi connectivity index (χ2n) is 11.7. The second kappa shape index (κ2) is 10.0. The molecular formula is C27H39BN4O6. The van der Waals surface area contributed by atoms with Crippen LogP contribution in [0.3, 0.4) is 0 Å². The van der Waals surface area contributed by atoms with Crippen LogP contribution >= 0.6 is 0 Å². The van der Waals surface area contributed by atoms with Crippen LogP contribution in [-0.2, 0) is 23.6 Å². The summed E-state index contributed by atoms with van der Waals surface area (Å²) in [6.07, 6.45) is 1.09. The molecule has 0 unspecified atom stereocenters. The number of alkyl carbamates (subject to hydrolysis) is 1. The van der Waals surface area contributed by atoms with Gasteiger partial charge >= 0.3 is 13.2 Å². The van der Waals surface area contributed by atoms with Gasteiger partial charge in [-0.05, 0) is 58.5 Å². The molecule has 0 radical (unpaired) electrons. The fourth-order valence-corrected chi connectivity index (χ4v) is 4.72. The predicted molar refractivity (Wildman–Crippen MR) is 144 cm³/mol. The summed E-state index contributed by atoms with van der Waals surface area (Å²) in [5.41, 5.74) is 0.988. The number of nitrogens with zero attached hydrogens (tertiary/aromatic N) is 2. The molecule has 0 aliphatic carbocycles. The van der Waals surface area contributed by atoms with Gasteiger partial charge in [-0.1, -0.05) is 38.1 Å². The van der Waals surface area contributed by atoms with Gasteiger partial charge < -0.3 is 34.0 Å². The number of amides is 2. The van der Waals surface area contributed by atoms with Gasteiger partial charge in [0.25, 0.3) is 0 Å². The quantitative estimate of drug-likeness (QED) is 0.555. The molecule has 2 atom stereocenters. The largest absolute Gasteiger partial charge is 0.494 e. The number of benzene rings is 1. The van der Waals surface area contributed by atoms with Gasteiger partial charge in [-0.3, -0.25) is 4.79 Å². The minimum atomic E-state index is -0.885. The molecule has 3 heterocycles. The van der Waals surface area contributed by atoms with Crippen LogP contribution in [0, 0.1) is 5.92 Å². The molecule has 2 aromatic rings. The number of nitrogens with one attached hydrogen (secondary N) is 2. The monoisotopic (exact) mass is 526 g/mol. The first-order valence-electron chi connectivity index (χ1n) is 13.0. The number of rotatable bonds is 6. The van der Waals surface area contributed by atoms with Crippen LogP contribution in [0.2, 0.25) is 0 Å². The minimum absolute atomic E-state index is 0.159. The normalized spacial score (nSPS) is 22.5. The third-order valence-electron chi connectivity index (χ3n) is 7.77. The minimum Gasteiger partial charge on any atom is -0.453 e. The Kier molecular flexibility index (Phi) is 7.41. The molecule has 2 aliphatic heterocycles. The van der Waals surface area contributed by atoms with Crippen LogP contribution in [0.25, 0.3) is 11.3 Å². The van der Waals surface area contributed by atoms with E-state index in [-0.39, 0.29) is 18.4 Å². The van der Waals surface area contributed by atoms with E-state index >= 15 is 0 Å². The maximum absolute atomic E-state index is 13.7. The highest BCUT2D eigenvalue weighted by Crippen LogP contribution is 2.38. The lowest BCUT2D eigenvalue weighted by Gasteiger charge is -2.36. The van der Waals surface area contributed by atoms with Crippen molar-refractivity contribution < 1.29 is 28.4 Å². The topological polar surface area (TPSA) is 115 Å². The first kappa shape index (κ1) is 28.1. The van der Waals surface area contributed by atoms with Gasteiger partial charge in [0.2, 0.25) is 5.91 Å². The van der Waals surface area contributed by atoms with Crippen molar-refractivity contribution >= 4 is 24.6 Å². The van der Waals surface area contributed by atoms with E-state index in [2.05, 4.69) is 15.3 Å². The van der Waals surface area contributed by atoms with E-state index in [1.165, 1.54) is 7.11 Å². The average molecular weight is 526 g/mol. The highest BCUT2D eigenvalue weighted by molar-refractivity contribution is 6.62. The van der Waals surface area contributed by atoms with Gasteiger partial charge in [-0.25, -0.2) is 9.78 Å². The molecule has 11 heteroatoms. The number of methoxy groups -OCH3 is 1. The number of hydrogen-bond acceptors (Lipinski definition) is 7. The fourth-order valence-electron chi connectivity index (χ4n) is 4.72. The van der Waals surface area contributed by atoms with E-state index in [4.69, 9.17) is 18.8 Å². The maximum atomic E-state index is 13.7. The standard InChI is InChI=1S/C27H39BN4O6/c1-16(2)21(31-24(34)35-9)23(33)32-20(15-36-27(32,7)8)22-29-14-19(30-22)17-10-12-18(13-11-17)28-37-25(3,4)26(5,6)38-28/h10-14,16,20-21H,15H2,1-9H3,(H,29,30)(H,31,34)/t20-,21-/m0/s1. The van der Waals surface area contributed by atoms with Crippen molar-refractivity contribution in [2.75, 3.05) is 13.7 Å². The molecule has 1 aromatic heterocycles. The number of aromatic amines is 1. The number of carbonyl (C=O) groups is 2. The Hall–Kier alpha value is -2.89. The Labute approximate surface area is 224 Å². The van der Waals surface area contributed by atoms with E-state index in [9.17, 15) is 9.59 Å². The summed E-state index contributed by atoms with van der Waals surface area (Å²) < 4.78 is 23.1. The maximum Gasteiger partial charge on any atom is 0.494 e. The van der Waals surface area contributed by atoms with E-state index < -0.39 is 42.2 Å². The Morgan fingerprint density at radius 3 is 2.26 bits per heavy atom. The SMILES string of the molecule is COC(=O)N[C@H](C(=O)N1[C@H](c2ncc(-c3ccc(B4OC(C)(C)C(C)(C)O4)cc3)[nH]2)COC1(C)C)C(C)C. The smallest absolute Gasteiger partial charge is 0.453 e. The van der Waals surface area contributed by atoms with Gasteiger partial charge in [-0.2, -0.15) is 0 Å². The number of hydrogen-bond donors (Lipinski definition) is 2. The van der Waals surface area contributed by atoms with Gasteiger partial charge in [0.1, 0.15) is 23.6 Å². The summed E-state index contributed by atoms with van der Waals surface area (Å²) >= 11 is 0. The second-order valence-corrected chi connectivity index (χ2v) is 11.7. The zero-order valence-electron chi connectivity index (χ0n) is 23.7. The van der Waals surface area contributed by atoms with Crippen LogP contribution in [-0.4, -0.2) is 70.7 Å². The van der Waals surface area contributed by atoms with Gasteiger partial charge in [0.05, 0.1) is 36.8 Å². The fraction of sp³-hybridized carbons (Fsp3) is 0.593. The van der Waals surface area contributed by atoms with E-state index in [0.29, 0.717) is 5.82 Å². The van der Waals surface area contributed by atoms with Crippen molar-refractivity contribution in [2.45, 2.75) is 84.4 Å². The van der Waals surface area contributed by atoms with Crippen molar-refractivity contribution in [1.82, 2.24) is 20.2 Å². The summed E-state index contributed by atoms with van der Waals surface area (Å²) in [6.45, 7) is 15.8. The molecule has 10 nitrogen and oxygen atoms in total. The molecule has 2 fully saturated rings. The lowest BCUT2D eigenvalue weighted by atomic mass is 9.79. The summed E-state index contributed by atoms with van der Waals surface area (Å²) in [5.74, 6) is 0.186. The molecule has 1 aromatic carbocycles. The Balaban J connectivity index is 1.54. The number of imidazole rings is 1. The van der Waals surface area contributed by atoms with Crippen LogP contribution in [0.1, 0.15) is 67.3 Å². The van der Waals surface area contributed by atoms with Crippen LogP contribution in [0.4, 0.5) is 4.79 Å². The molecule has 38 heavy (non-hydrogen) atoms. The number of carbonyl (C=O) groups excluding carboxylic acids is 2. The van der Waals surface area contributed by atoms with Crippen molar-refractivity contribution in [2.24, 2.45) is 5.92 Å². The Morgan fingerprint density at radius 2 is 1.71 bits per heavy atom. The third-order valence-corrected chi connectivity index (χ3v) is 7.77. The first-order valence-corrected chi connectivity index (χ1v) is 13.0. The highest BCUT2D eigenvalue weighted by Gasteiger charge is 2.52. The van der Waals surface area contributed by atoms with Crippen LogP contribution in [0.15, 0.2) is 30.5 Å². The lowest BCUT2D eigenvalue weighted by Crippen LogP contribution is -2.56. The molecule has 2 N–H and O–H groups in total. The van der Waals surface area contributed by atoms with Crippen molar-refractivity contribution in [3.63, 3.8) is 0 Å². The summed E-state index contributed by atoms with van der Waals surface area (Å²) in [6, 6.07) is 6.73. The molecule has 0 bridgehead atoms. The first-order chi connectivity index (χ1) is 17.7. The lowest BCUT2D eigenvalue weighted by molar-refractivity contribution is -0.149. The summed E-state index contributed by atoms with van der Waals surface area (Å²) in [7, 11) is 0.839. The number of aromatic nitrogens is 2. The molecule has 2 amide bonds. The molecule has 4 rings (SSSR count). The molecular weight excluding hydrogens is 487 g/mol. The van der Waals surface area contributed by atoms with Crippen molar-refractivity contribution in [1.29, 1.82) is 0 Å². The van der Waals surface area contributed by atoms with Crippen LogP contribution < -0.4 is 10.8 Å². The Morgan fingerprint density at radius 1 is 1.11 bits per heavy atom. The molecule has 206 valence electrons. The van der Waals surface area contributed by atoms with Gasteiger partial charge in [0.15, 0.2) is 0 Å². The van der Waals surface area contributed by atoms with Crippen LogP contribution in [0.5, 0.6) is 0 Å². The molecule has 2 saturated heterocycles. The average Bonchev–Trinajstić information content (AvgIpc) is 3.50. The Bertz CT molecular complexity index is 1160. The molecule has 0 spiro atoms. The molecule has 2 aliphatic rings. The van der Waals surface area contributed by atoms with Gasteiger partial charge in [-0.15, -0.1) is 0 Å². The zero-order chi connectivity index (χ0) is 28.0. The number of ether oxygens (including phenoxy) is 2. The number of H-pyrrole nitrogens is 1. The van der Waals surface area contributed by atoms with E-state index in [0.717, 1.165) is 16.7 Å². The molecule has 0 saturated carbocycles. The zero-order valence-corrected chi connectivity index (χ0v) is 23.7. The van der Waals surface area contributed by atoms with Gasteiger partial charge in [0, 0.05) is 0 Å². The summed E-state index contributed by atoms with van der Waals surface area (Å²) in [4.78, 5) is 35.2. The van der Waals surface area contributed by atoms with E-state index in [1.807, 2.05) is 79.7 Å². The third kappa shape index (κ3) is 5.19. The highest BCUT2D eigenvalue weighted by atomic mass is 16.7. The van der Waals surface area contributed by atoms with E-state index in [1.54, 1.807) is 11.1 Å². The predicted octanol–water partition coefficient (Wildman–Crippen LogP) is 3.39.